The summed E-state index contributed by atoms with van der Waals surface area (Å²) < 4.78 is 12.4. The van der Waals surface area contributed by atoms with Crippen molar-refractivity contribution in [2.45, 2.75) is 23.4 Å². The summed E-state index contributed by atoms with van der Waals surface area (Å²) in [7, 11) is 3.20. The van der Waals surface area contributed by atoms with E-state index < -0.39 is 5.25 Å². The summed E-state index contributed by atoms with van der Waals surface area (Å²) >= 11 is 1.37. The zero-order chi connectivity index (χ0) is 20.4. The number of ether oxygens (including phenoxy) is 2. The maximum Gasteiger partial charge on any atom is 0.240 e. The third kappa shape index (κ3) is 3.73. The molecule has 0 radical (unpaired) electrons. The molecule has 0 fully saturated rings. The molecule has 0 saturated carbocycles. The molecule has 0 unspecified atom stereocenters. The number of fused-ring (bicyclic) bond motifs is 1. The lowest BCUT2D eigenvalue weighted by Crippen LogP contribution is -2.41. The fourth-order valence-electron chi connectivity index (χ4n) is 3.17. The lowest BCUT2D eigenvalue weighted by Gasteiger charge is -2.32. The Hall–Kier alpha value is -3.20. The van der Waals surface area contributed by atoms with Gasteiger partial charge >= 0.3 is 0 Å². The van der Waals surface area contributed by atoms with Gasteiger partial charge in [-0.05, 0) is 36.8 Å². The normalized spacial score (nSPS) is 17.8. The summed E-state index contributed by atoms with van der Waals surface area (Å²) in [6, 6.07) is 14.7. The number of aryl methyl sites for hydroxylation is 1. The summed E-state index contributed by atoms with van der Waals surface area (Å²) in [5.74, 6) is 1.94. The van der Waals surface area contributed by atoms with Crippen LogP contribution in [-0.2, 0) is 4.79 Å². The molecule has 2 N–H and O–H groups in total. The number of nitrogens with one attached hydrogen (secondary N) is 2. The van der Waals surface area contributed by atoms with E-state index in [0.717, 1.165) is 17.1 Å². The molecule has 0 bridgehead atoms. The van der Waals surface area contributed by atoms with E-state index in [4.69, 9.17) is 9.47 Å². The zero-order valence-electron chi connectivity index (χ0n) is 16.2. The Morgan fingerprint density at radius 1 is 1.10 bits per heavy atom. The van der Waals surface area contributed by atoms with Crippen molar-refractivity contribution in [3.63, 3.8) is 0 Å². The molecule has 150 valence electrons. The predicted octanol–water partition coefficient (Wildman–Crippen LogP) is 3.00. The Bertz CT molecular complexity index is 1020. The van der Waals surface area contributed by atoms with Gasteiger partial charge in [-0.15, -0.1) is 10.2 Å². The number of methoxy groups -OCH3 is 2. The molecule has 1 amide bonds. The van der Waals surface area contributed by atoms with Gasteiger partial charge in [0, 0.05) is 0 Å². The van der Waals surface area contributed by atoms with Crippen LogP contribution < -0.4 is 20.2 Å². The highest BCUT2D eigenvalue weighted by molar-refractivity contribution is 8.00. The summed E-state index contributed by atoms with van der Waals surface area (Å²) in [6.45, 7) is 1.87. The van der Waals surface area contributed by atoms with Crippen molar-refractivity contribution in [2.75, 3.05) is 25.0 Å². The second-order valence-electron chi connectivity index (χ2n) is 6.47. The number of rotatable bonds is 5. The minimum atomic E-state index is -0.468. The number of hydrogen-bond donors (Lipinski definition) is 2. The van der Waals surface area contributed by atoms with E-state index in [2.05, 4.69) is 20.9 Å². The van der Waals surface area contributed by atoms with Crippen molar-refractivity contribution >= 4 is 23.4 Å². The van der Waals surface area contributed by atoms with Crippen molar-refractivity contribution in [1.29, 1.82) is 0 Å². The number of benzene rings is 2. The summed E-state index contributed by atoms with van der Waals surface area (Å²) in [6.07, 6.45) is 0. The fraction of sp³-hybridized carbons (Fsp3) is 0.250. The van der Waals surface area contributed by atoms with Gasteiger partial charge in [-0.25, -0.2) is 4.68 Å². The smallest absolute Gasteiger partial charge is 0.240 e. The monoisotopic (exact) mass is 411 g/mol. The quantitative estimate of drug-likeness (QED) is 0.667. The van der Waals surface area contributed by atoms with Crippen LogP contribution in [0.25, 0.3) is 0 Å². The standard InChI is InChI=1S/C20H21N5O3S/c1-12-22-23-20-25(12)24-17(13-8-10-14(27-2)11-9-13)18(29-20)19(26)21-15-6-4-5-7-16(15)28-3/h4-11,17-18,24H,1-3H3,(H,21,26)/t17-,18-/m0/s1. The summed E-state index contributed by atoms with van der Waals surface area (Å²) in [5, 5.41) is 11.5. The number of thioether (sulfide) groups is 1. The van der Waals surface area contributed by atoms with Crippen LogP contribution in [0.3, 0.4) is 0 Å². The molecule has 4 rings (SSSR count). The molecule has 0 saturated heterocycles. The number of nitrogens with zero attached hydrogens (tertiary/aromatic N) is 3. The van der Waals surface area contributed by atoms with Gasteiger partial charge in [0.1, 0.15) is 22.6 Å². The molecule has 8 nitrogen and oxygen atoms in total. The Morgan fingerprint density at radius 3 is 2.59 bits per heavy atom. The third-order valence-electron chi connectivity index (χ3n) is 4.70. The van der Waals surface area contributed by atoms with Crippen molar-refractivity contribution in [2.24, 2.45) is 0 Å². The largest absolute Gasteiger partial charge is 0.497 e. The van der Waals surface area contributed by atoms with E-state index in [1.54, 1.807) is 14.2 Å². The average Bonchev–Trinajstić information content (AvgIpc) is 3.13. The van der Waals surface area contributed by atoms with Gasteiger partial charge in [-0.1, -0.05) is 36.0 Å². The molecule has 2 aromatic carbocycles. The summed E-state index contributed by atoms with van der Waals surface area (Å²) in [4.78, 5) is 13.2. The van der Waals surface area contributed by atoms with Gasteiger partial charge in [-0.3, -0.25) is 4.79 Å². The van der Waals surface area contributed by atoms with Crippen LogP contribution in [0, 0.1) is 6.92 Å². The van der Waals surface area contributed by atoms with Crippen molar-refractivity contribution in [3.8, 4) is 11.5 Å². The van der Waals surface area contributed by atoms with E-state index >= 15 is 0 Å². The zero-order valence-corrected chi connectivity index (χ0v) is 17.1. The number of para-hydroxylation sites is 2. The number of anilines is 1. The van der Waals surface area contributed by atoms with Crippen LogP contribution in [0.2, 0.25) is 0 Å². The highest BCUT2D eigenvalue weighted by Crippen LogP contribution is 2.38. The number of carbonyl (C=O) groups excluding carboxylic acids is 1. The highest BCUT2D eigenvalue weighted by Gasteiger charge is 2.37. The Balaban J connectivity index is 1.66. The van der Waals surface area contributed by atoms with E-state index in [9.17, 15) is 4.79 Å². The fourth-order valence-corrected chi connectivity index (χ4v) is 4.30. The molecule has 0 spiro atoms. The molecular formula is C20H21N5O3S. The van der Waals surface area contributed by atoms with E-state index in [0.29, 0.717) is 16.6 Å². The Labute approximate surface area is 172 Å². The van der Waals surface area contributed by atoms with Crippen molar-refractivity contribution in [1.82, 2.24) is 14.9 Å². The maximum absolute atomic E-state index is 13.2. The molecule has 2 atom stereocenters. The van der Waals surface area contributed by atoms with Gasteiger partial charge in [0.05, 0.1) is 25.9 Å². The number of hydrogen-bond acceptors (Lipinski definition) is 7. The van der Waals surface area contributed by atoms with E-state index in [-0.39, 0.29) is 11.9 Å². The molecular weight excluding hydrogens is 390 g/mol. The maximum atomic E-state index is 13.2. The molecule has 3 aromatic rings. The van der Waals surface area contributed by atoms with Gasteiger partial charge in [0.25, 0.3) is 0 Å². The summed E-state index contributed by atoms with van der Waals surface area (Å²) in [5.41, 5.74) is 4.96. The lowest BCUT2D eigenvalue weighted by atomic mass is 10.0. The first kappa shape index (κ1) is 19.1. The molecule has 0 aliphatic carbocycles. The highest BCUT2D eigenvalue weighted by atomic mass is 32.2. The van der Waals surface area contributed by atoms with E-state index in [1.807, 2.05) is 60.1 Å². The van der Waals surface area contributed by atoms with Gasteiger partial charge in [0.2, 0.25) is 11.1 Å². The Kier molecular flexibility index (Phi) is 5.30. The van der Waals surface area contributed by atoms with Gasteiger partial charge < -0.3 is 20.2 Å². The van der Waals surface area contributed by atoms with Crippen LogP contribution >= 0.6 is 11.8 Å². The van der Waals surface area contributed by atoms with Crippen molar-refractivity contribution < 1.29 is 14.3 Å². The SMILES string of the molecule is COc1ccc([C@@H]2Nn3c(C)nnc3S[C@@H]2C(=O)Nc2ccccc2OC)cc1. The topological polar surface area (TPSA) is 90.3 Å². The van der Waals surface area contributed by atoms with Crippen LogP contribution in [0.5, 0.6) is 11.5 Å². The third-order valence-corrected chi connectivity index (χ3v) is 5.91. The molecule has 29 heavy (non-hydrogen) atoms. The lowest BCUT2D eigenvalue weighted by molar-refractivity contribution is -0.116. The minimum Gasteiger partial charge on any atom is -0.497 e. The Morgan fingerprint density at radius 2 is 1.86 bits per heavy atom. The van der Waals surface area contributed by atoms with Gasteiger partial charge in [0.15, 0.2) is 0 Å². The number of amides is 1. The van der Waals surface area contributed by atoms with Crippen LogP contribution in [0.4, 0.5) is 5.69 Å². The first-order valence-electron chi connectivity index (χ1n) is 9.03. The number of carbonyl (C=O) groups is 1. The molecule has 1 aromatic heterocycles. The molecule has 1 aliphatic rings. The minimum absolute atomic E-state index is 0.153. The molecule has 9 heteroatoms. The predicted molar refractivity (Wildman–Crippen MR) is 111 cm³/mol. The van der Waals surface area contributed by atoms with Crippen LogP contribution in [-0.4, -0.2) is 40.3 Å². The van der Waals surface area contributed by atoms with Gasteiger partial charge in [-0.2, -0.15) is 0 Å². The molecule has 2 heterocycles. The molecule has 1 aliphatic heterocycles. The second kappa shape index (κ2) is 8.04. The number of aromatic nitrogens is 3. The van der Waals surface area contributed by atoms with E-state index in [1.165, 1.54) is 11.8 Å². The van der Waals surface area contributed by atoms with Crippen molar-refractivity contribution in [3.05, 3.63) is 59.9 Å². The van der Waals surface area contributed by atoms with Crippen LogP contribution in [0.15, 0.2) is 53.7 Å². The first-order chi connectivity index (χ1) is 14.1. The first-order valence-corrected chi connectivity index (χ1v) is 9.91. The second-order valence-corrected chi connectivity index (χ2v) is 7.58. The van der Waals surface area contributed by atoms with Crippen LogP contribution in [0.1, 0.15) is 17.4 Å². The average molecular weight is 411 g/mol.